The van der Waals surface area contributed by atoms with E-state index in [4.69, 9.17) is 0 Å². The summed E-state index contributed by atoms with van der Waals surface area (Å²) in [5.41, 5.74) is 11.9. The normalized spacial score (nSPS) is 11.4. The van der Waals surface area contributed by atoms with E-state index in [1.807, 2.05) is 0 Å². The maximum Gasteiger partial charge on any atom is 0.144 e. The molecule has 8 rings (SSSR count). The van der Waals surface area contributed by atoms with Gasteiger partial charge in [-0.1, -0.05) is 192 Å². The van der Waals surface area contributed by atoms with Gasteiger partial charge in [-0.15, -0.1) is 0 Å². The average Bonchev–Trinajstić information content (AvgIpc) is 3.23. The molecule has 8 aromatic carbocycles. The summed E-state index contributed by atoms with van der Waals surface area (Å²) in [6.45, 7) is 10.8. The van der Waals surface area contributed by atoms with Crippen LogP contribution >= 0.6 is 7.26 Å². The molecule has 8 aromatic rings. The van der Waals surface area contributed by atoms with Gasteiger partial charge in [0.1, 0.15) is 34.6 Å². The second-order valence-electron chi connectivity index (χ2n) is 15.0. The average molecular weight is 729 g/mol. The van der Waals surface area contributed by atoms with Crippen LogP contribution in [0.3, 0.4) is 0 Å². The van der Waals surface area contributed by atoms with Crippen molar-refractivity contribution in [1.82, 2.24) is 0 Å². The van der Waals surface area contributed by atoms with Gasteiger partial charge >= 0.3 is 0 Å². The summed E-state index contributed by atoms with van der Waals surface area (Å²) in [7, 11) is -1.93. The molecule has 0 unspecified atom stereocenters. The third-order valence-corrected chi connectivity index (χ3v) is 15.5. The lowest BCUT2D eigenvalue weighted by atomic mass is 9.13. The Bertz CT molecular complexity index is 2120. The number of rotatable bonds is 8. The maximum atomic E-state index is 2.32. The minimum Gasteiger partial charge on any atom is -0.195 e. The Balaban J connectivity index is 0.000000170. The zero-order valence-corrected chi connectivity index (χ0v) is 33.6. The summed E-state index contributed by atoms with van der Waals surface area (Å²) in [4.78, 5) is 0. The van der Waals surface area contributed by atoms with Crippen molar-refractivity contribution in [3.8, 4) is 0 Å². The highest BCUT2D eigenvalue weighted by Gasteiger charge is 2.47. The molecular weight excluding hydrogens is 678 g/mol. The fourth-order valence-electron chi connectivity index (χ4n) is 8.19. The van der Waals surface area contributed by atoms with Crippen molar-refractivity contribution in [3.63, 3.8) is 0 Å². The fourth-order valence-corrected chi connectivity index (χ4v) is 12.4. The van der Waals surface area contributed by atoms with Crippen molar-refractivity contribution in [2.75, 3.05) is 0 Å². The van der Waals surface area contributed by atoms with E-state index in [1.165, 1.54) is 70.9 Å². The Morgan fingerprint density at radius 2 is 0.436 bits per heavy atom. The van der Waals surface area contributed by atoms with Crippen molar-refractivity contribution in [3.05, 3.63) is 240 Å². The first kappa shape index (κ1) is 37.6. The summed E-state index contributed by atoms with van der Waals surface area (Å²) in [6.07, 6.45) is -1.27. The van der Waals surface area contributed by atoms with Crippen LogP contribution in [0.1, 0.15) is 27.8 Å². The number of benzene rings is 8. The first-order valence-electron chi connectivity index (χ1n) is 19.4. The lowest BCUT2D eigenvalue weighted by Crippen LogP contribution is -2.74. The van der Waals surface area contributed by atoms with Gasteiger partial charge in [0.25, 0.3) is 0 Å². The first-order valence-corrected chi connectivity index (χ1v) is 21.2. The SMILES string of the molecule is Cc1ccc([B-](c2ccc(C)cc2)(c2ccc(C)cc2)c2ccc(C)cc2)cc1.Cc1ccc([P+](c2ccccc2)(c2ccccc2)c2ccccc2)cc1. The van der Waals surface area contributed by atoms with Gasteiger partial charge in [-0.2, -0.15) is 21.9 Å². The molecule has 55 heavy (non-hydrogen) atoms. The molecule has 0 aliphatic carbocycles. The molecule has 0 nitrogen and oxygen atoms in total. The van der Waals surface area contributed by atoms with Gasteiger partial charge in [0.05, 0.1) is 0 Å². The molecule has 0 amide bonds. The second-order valence-corrected chi connectivity index (χ2v) is 18.4. The van der Waals surface area contributed by atoms with E-state index < -0.39 is 13.4 Å². The smallest absolute Gasteiger partial charge is 0.144 e. The van der Waals surface area contributed by atoms with Crippen LogP contribution in [-0.2, 0) is 0 Å². The summed E-state index contributed by atoms with van der Waals surface area (Å²) in [6, 6.07) is 78.5. The van der Waals surface area contributed by atoms with Crippen LogP contribution in [0, 0.1) is 34.6 Å². The third-order valence-electron chi connectivity index (χ3n) is 11.2. The fraction of sp³-hybridized carbons (Fsp3) is 0.0943. The van der Waals surface area contributed by atoms with Crippen LogP contribution in [0.4, 0.5) is 0 Å². The third kappa shape index (κ3) is 7.64. The Labute approximate surface area is 329 Å². The van der Waals surface area contributed by atoms with Gasteiger partial charge in [-0.05, 0) is 83.1 Å². The van der Waals surface area contributed by atoms with E-state index in [1.54, 1.807) is 0 Å². The van der Waals surface area contributed by atoms with Gasteiger partial charge in [0.2, 0.25) is 0 Å². The molecule has 0 spiro atoms. The van der Waals surface area contributed by atoms with E-state index in [0.717, 1.165) is 0 Å². The maximum absolute atomic E-state index is 2.32. The topological polar surface area (TPSA) is 0 Å². The van der Waals surface area contributed by atoms with E-state index in [0.29, 0.717) is 0 Å². The standard InChI is InChI=1S/C28H28B.C25H22P/c1-21-5-13-25(14-6-21)29(26-15-7-22(2)8-16-26,27-17-9-23(3)10-18-27)28-19-11-24(4)12-20-28;1-21-17-19-25(20-18-21)26(22-11-5-2-6-12-22,23-13-7-3-8-14-23)24-15-9-4-10-16-24/h5-20H,1-4H3;2-20H,1H3/q-1;+1. The Hall–Kier alpha value is -5.75. The first-order chi connectivity index (χ1) is 26.8. The monoisotopic (exact) mass is 728 g/mol. The van der Waals surface area contributed by atoms with Gasteiger partial charge in [-0.25, -0.2) is 0 Å². The minimum atomic E-state index is -1.93. The molecule has 0 atom stereocenters. The molecule has 0 N–H and O–H groups in total. The highest BCUT2D eigenvalue weighted by atomic mass is 31.2. The minimum absolute atomic E-state index is 1.27. The molecule has 0 aromatic heterocycles. The Kier molecular flexibility index (Phi) is 11.4. The van der Waals surface area contributed by atoms with Gasteiger partial charge in [0, 0.05) is 0 Å². The number of hydrogen-bond acceptors (Lipinski definition) is 0. The molecule has 0 radical (unpaired) electrons. The summed E-state index contributed by atoms with van der Waals surface area (Å²) >= 11 is 0. The van der Waals surface area contributed by atoms with Crippen LogP contribution in [0.5, 0.6) is 0 Å². The van der Waals surface area contributed by atoms with Crippen LogP contribution in [0.15, 0.2) is 212 Å². The number of aryl methyl sites for hydroxylation is 5. The summed E-state index contributed by atoms with van der Waals surface area (Å²) in [5, 5.41) is 5.57. The highest BCUT2D eigenvalue weighted by Crippen LogP contribution is 2.54. The lowest BCUT2D eigenvalue weighted by molar-refractivity contribution is 1.46. The molecule has 0 aliphatic rings. The van der Waals surface area contributed by atoms with Gasteiger partial charge in [-0.3, -0.25) is 0 Å². The molecule has 2 heteroatoms. The van der Waals surface area contributed by atoms with E-state index in [2.05, 4.69) is 247 Å². The van der Waals surface area contributed by atoms with Gasteiger partial charge < -0.3 is 0 Å². The van der Waals surface area contributed by atoms with Crippen LogP contribution in [-0.4, -0.2) is 6.15 Å². The van der Waals surface area contributed by atoms with E-state index in [-0.39, 0.29) is 0 Å². The Morgan fingerprint density at radius 3 is 0.673 bits per heavy atom. The second kappa shape index (κ2) is 16.7. The molecule has 0 fully saturated rings. The van der Waals surface area contributed by atoms with Crippen LogP contribution < -0.4 is 43.1 Å². The Morgan fingerprint density at radius 1 is 0.236 bits per heavy atom. The molecule has 0 saturated heterocycles. The van der Waals surface area contributed by atoms with Crippen LogP contribution in [0.25, 0.3) is 0 Å². The molecule has 0 saturated carbocycles. The highest BCUT2D eigenvalue weighted by molar-refractivity contribution is 8.01. The van der Waals surface area contributed by atoms with Crippen molar-refractivity contribution < 1.29 is 0 Å². The quantitative estimate of drug-likeness (QED) is 0.108. The zero-order chi connectivity index (χ0) is 38.3. The lowest BCUT2D eigenvalue weighted by Gasteiger charge is -2.44. The summed E-state index contributed by atoms with van der Waals surface area (Å²) in [5.74, 6) is 0. The molecule has 0 aliphatic heterocycles. The van der Waals surface area contributed by atoms with E-state index in [9.17, 15) is 0 Å². The van der Waals surface area contributed by atoms with E-state index >= 15 is 0 Å². The predicted molar refractivity (Wildman–Crippen MR) is 245 cm³/mol. The van der Waals surface area contributed by atoms with Crippen molar-refractivity contribution in [2.45, 2.75) is 34.6 Å². The molecular formula is C53H50BP. The molecule has 0 bridgehead atoms. The molecule has 270 valence electrons. The summed E-state index contributed by atoms with van der Waals surface area (Å²) < 4.78 is 0. The largest absolute Gasteiger partial charge is 0.195 e. The van der Waals surface area contributed by atoms with Crippen molar-refractivity contribution >= 4 is 56.5 Å². The number of hydrogen-bond donors (Lipinski definition) is 0. The molecule has 0 heterocycles. The zero-order valence-electron chi connectivity index (χ0n) is 32.7. The van der Waals surface area contributed by atoms with Crippen LogP contribution in [0.2, 0.25) is 0 Å². The van der Waals surface area contributed by atoms with Crippen molar-refractivity contribution in [1.29, 1.82) is 0 Å². The predicted octanol–water partition coefficient (Wildman–Crippen LogP) is 8.91. The van der Waals surface area contributed by atoms with Gasteiger partial charge in [0.15, 0.2) is 0 Å². The van der Waals surface area contributed by atoms with Crippen molar-refractivity contribution in [2.24, 2.45) is 0 Å².